The number of hydrogen-bond donors (Lipinski definition) is 1. The third-order valence-electron chi connectivity index (χ3n) is 7.02. The molecule has 2 aromatic rings. The zero-order chi connectivity index (χ0) is 22.6. The van der Waals surface area contributed by atoms with Crippen molar-refractivity contribution in [2.45, 2.75) is 38.1 Å². The third kappa shape index (κ3) is 3.06. The van der Waals surface area contributed by atoms with E-state index in [0.29, 0.717) is 22.6 Å². The van der Waals surface area contributed by atoms with E-state index in [0.717, 1.165) is 36.0 Å². The number of carbonyl (C=O) groups is 2. The van der Waals surface area contributed by atoms with Gasteiger partial charge in [-0.15, -0.1) is 0 Å². The van der Waals surface area contributed by atoms with Crippen molar-refractivity contribution in [2.75, 3.05) is 12.3 Å². The molecule has 0 saturated heterocycles. The predicted molar refractivity (Wildman–Crippen MR) is 122 cm³/mol. The molecular formula is C25H26N2O4S. The Bertz CT molecular complexity index is 1250. The van der Waals surface area contributed by atoms with Crippen molar-refractivity contribution in [2.24, 2.45) is 11.7 Å². The van der Waals surface area contributed by atoms with Gasteiger partial charge in [-0.05, 0) is 53.0 Å². The summed E-state index contributed by atoms with van der Waals surface area (Å²) in [4.78, 5) is 26.9. The summed E-state index contributed by atoms with van der Waals surface area (Å²) in [6.45, 7) is 2.11. The number of benzene rings is 2. The first-order chi connectivity index (χ1) is 15.3. The fourth-order valence-electron chi connectivity index (χ4n) is 5.54. The molecule has 7 heteroatoms. The molecule has 3 atom stereocenters. The molecular weight excluding hydrogens is 424 g/mol. The largest absolute Gasteiger partial charge is 0.329 e. The molecule has 5 rings (SSSR count). The molecule has 166 valence electrons. The summed E-state index contributed by atoms with van der Waals surface area (Å²) in [5.41, 5.74) is 9.98. The minimum atomic E-state index is -3.77. The molecule has 2 aliphatic carbocycles. The van der Waals surface area contributed by atoms with E-state index in [2.05, 4.69) is 6.92 Å². The van der Waals surface area contributed by atoms with Crippen LogP contribution in [0.5, 0.6) is 0 Å². The molecule has 6 nitrogen and oxygen atoms in total. The topological polar surface area (TPSA) is 97.5 Å². The molecule has 2 aromatic carbocycles. The summed E-state index contributed by atoms with van der Waals surface area (Å²) < 4.78 is 27.7. The van der Waals surface area contributed by atoms with E-state index >= 15 is 0 Å². The quantitative estimate of drug-likeness (QED) is 0.722. The number of fused-ring (bicyclic) bond motifs is 5. The van der Waals surface area contributed by atoms with Gasteiger partial charge in [-0.25, -0.2) is 8.42 Å². The van der Waals surface area contributed by atoms with Crippen LogP contribution in [0.25, 0.3) is 5.57 Å². The fourth-order valence-corrected chi connectivity index (χ4v) is 6.91. The molecule has 0 amide bonds. The van der Waals surface area contributed by atoms with Crippen molar-refractivity contribution in [1.29, 1.82) is 0 Å². The summed E-state index contributed by atoms with van der Waals surface area (Å²) >= 11 is 0. The Hall–Kier alpha value is -2.77. The van der Waals surface area contributed by atoms with Gasteiger partial charge < -0.3 is 5.73 Å². The zero-order valence-electron chi connectivity index (χ0n) is 18.0. The maximum Gasteiger partial charge on any atom is 0.236 e. The predicted octanol–water partition coefficient (Wildman–Crippen LogP) is 3.19. The summed E-state index contributed by atoms with van der Waals surface area (Å²) in [7, 11) is -3.77. The molecule has 3 aliphatic rings. The Morgan fingerprint density at radius 3 is 2.50 bits per heavy atom. The second-order valence-electron chi connectivity index (χ2n) is 8.89. The second kappa shape index (κ2) is 7.67. The molecule has 1 heterocycles. The van der Waals surface area contributed by atoms with Gasteiger partial charge in [0, 0.05) is 18.3 Å². The normalized spacial score (nSPS) is 24.6. The molecule has 0 aromatic heterocycles. The number of sulfonamides is 1. The summed E-state index contributed by atoms with van der Waals surface area (Å²) in [5.74, 6) is -1.80. The number of nitrogens with zero attached hydrogens (tertiary/aromatic N) is 1. The zero-order valence-corrected chi connectivity index (χ0v) is 18.8. The van der Waals surface area contributed by atoms with E-state index in [4.69, 9.17) is 5.73 Å². The van der Waals surface area contributed by atoms with Crippen LogP contribution in [0.2, 0.25) is 0 Å². The average molecular weight is 451 g/mol. The van der Waals surface area contributed by atoms with E-state index in [1.165, 1.54) is 10.5 Å². The number of rotatable bonds is 4. The lowest BCUT2D eigenvalue weighted by atomic mass is 9.70. The Morgan fingerprint density at radius 2 is 1.78 bits per heavy atom. The average Bonchev–Trinajstić information content (AvgIpc) is 3.20. The minimum absolute atomic E-state index is 0.0217. The van der Waals surface area contributed by atoms with Crippen LogP contribution in [0.1, 0.15) is 64.3 Å². The summed E-state index contributed by atoms with van der Waals surface area (Å²) in [6, 6.07) is 12.3. The number of Topliss-reactive ketones (excluding diaryl/α,β-unsaturated/α-hetero) is 2. The Labute approximate surface area is 188 Å². The van der Waals surface area contributed by atoms with Gasteiger partial charge in [0.2, 0.25) is 21.6 Å². The van der Waals surface area contributed by atoms with Gasteiger partial charge >= 0.3 is 0 Å². The second-order valence-corrected chi connectivity index (χ2v) is 10.9. The summed E-state index contributed by atoms with van der Waals surface area (Å²) in [5, 5.41) is 0. The standard InChI is InChI=1S/C25H26N2O4S/c1-15-6-5-9-18-17(15)10-11-19-21(18)24(28)25(29)22-20(16-7-3-2-4-8-16)14-27(23(19)22)32(30,31)13-12-26/h2-4,7-8,10-11,14-15,22-23H,5-6,9,12-13,26H2,1H3. The Balaban J connectivity index is 1.74. The van der Waals surface area contributed by atoms with Gasteiger partial charge in [0.1, 0.15) is 0 Å². The highest BCUT2D eigenvalue weighted by molar-refractivity contribution is 7.89. The maximum absolute atomic E-state index is 13.5. The summed E-state index contributed by atoms with van der Waals surface area (Å²) in [6.07, 6.45) is 4.26. The van der Waals surface area contributed by atoms with Crippen molar-refractivity contribution in [1.82, 2.24) is 4.31 Å². The molecule has 0 radical (unpaired) electrons. The van der Waals surface area contributed by atoms with E-state index in [1.54, 1.807) is 0 Å². The molecule has 2 N–H and O–H groups in total. The molecule has 0 fully saturated rings. The lowest BCUT2D eigenvalue weighted by Crippen LogP contribution is -2.42. The molecule has 0 saturated carbocycles. The molecule has 1 aliphatic heterocycles. The Morgan fingerprint density at radius 1 is 1.06 bits per heavy atom. The van der Waals surface area contributed by atoms with Crippen LogP contribution in [0, 0.1) is 5.92 Å². The Kier molecular flexibility index (Phi) is 5.06. The highest BCUT2D eigenvalue weighted by atomic mass is 32.2. The molecule has 32 heavy (non-hydrogen) atoms. The third-order valence-corrected chi connectivity index (χ3v) is 8.75. The van der Waals surface area contributed by atoms with Gasteiger partial charge in [-0.2, -0.15) is 0 Å². The van der Waals surface area contributed by atoms with E-state index < -0.39 is 33.5 Å². The van der Waals surface area contributed by atoms with Gasteiger partial charge in [0.05, 0.1) is 17.7 Å². The van der Waals surface area contributed by atoms with Crippen molar-refractivity contribution >= 4 is 27.2 Å². The van der Waals surface area contributed by atoms with Crippen molar-refractivity contribution in [3.63, 3.8) is 0 Å². The van der Waals surface area contributed by atoms with Crippen LogP contribution in [0.3, 0.4) is 0 Å². The first-order valence-electron chi connectivity index (χ1n) is 11.1. The number of ketones is 2. The highest BCUT2D eigenvalue weighted by Crippen LogP contribution is 2.51. The van der Waals surface area contributed by atoms with Gasteiger partial charge in [-0.1, -0.05) is 49.4 Å². The maximum atomic E-state index is 13.5. The van der Waals surface area contributed by atoms with E-state index in [9.17, 15) is 18.0 Å². The van der Waals surface area contributed by atoms with Crippen LogP contribution < -0.4 is 5.73 Å². The smallest absolute Gasteiger partial charge is 0.236 e. The van der Waals surface area contributed by atoms with Crippen LogP contribution in [0.4, 0.5) is 0 Å². The van der Waals surface area contributed by atoms with Crippen LogP contribution in [-0.2, 0) is 21.2 Å². The first-order valence-corrected chi connectivity index (χ1v) is 12.7. The lowest BCUT2D eigenvalue weighted by Gasteiger charge is -2.36. The SMILES string of the molecule is CC1CCCc2c1ccc1c2C(=O)C(=O)C2C(c3ccccc3)=CN(S(=O)(=O)CCN)C12. The van der Waals surface area contributed by atoms with Gasteiger partial charge in [0.15, 0.2) is 0 Å². The monoisotopic (exact) mass is 450 g/mol. The number of hydrogen-bond acceptors (Lipinski definition) is 5. The first kappa shape index (κ1) is 21.1. The highest BCUT2D eigenvalue weighted by Gasteiger charge is 2.52. The van der Waals surface area contributed by atoms with Crippen molar-refractivity contribution in [3.05, 3.63) is 76.5 Å². The van der Waals surface area contributed by atoms with E-state index in [-0.39, 0.29) is 12.3 Å². The number of nitrogens with two attached hydrogens (primary N) is 1. The van der Waals surface area contributed by atoms with Crippen LogP contribution in [0.15, 0.2) is 48.7 Å². The lowest BCUT2D eigenvalue weighted by molar-refractivity contribution is -0.118. The minimum Gasteiger partial charge on any atom is -0.329 e. The van der Waals surface area contributed by atoms with Gasteiger partial charge in [0.25, 0.3) is 0 Å². The van der Waals surface area contributed by atoms with Crippen LogP contribution in [-0.4, -0.2) is 36.6 Å². The van der Waals surface area contributed by atoms with Crippen molar-refractivity contribution in [3.8, 4) is 0 Å². The molecule has 3 unspecified atom stereocenters. The van der Waals surface area contributed by atoms with Crippen molar-refractivity contribution < 1.29 is 18.0 Å². The van der Waals surface area contributed by atoms with E-state index in [1.807, 2.05) is 42.5 Å². The van der Waals surface area contributed by atoms with Gasteiger partial charge in [-0.3, -0.25) is 13.9 Å². The number of carbonyl (C=O) groups excluding carboxylic acids is 2. The fraction of sp³-hybridized carbons (Fsp3) is 0.360. The molecule has 0 bridgehead atoms. The molecule has 0 spiro atoms. The van der Waals surface area contributed by atoms with Crippen LogP contribution >= 0.6 is 0 Å².